The molecule has 1 saturated carbocycles. The lowest BCUT2D eigenvalue weighted by Gasteiger charge is -2.43. The van der Waals surface area contributed by atoms with Crippen LogP contribution in [0.5, 0.6) is 0 Å². The van der Waals surface area contributed by atoms with Gasteiger partial charge in [-0.25, -0.2) is 0 Å². The van der Waals surface area contributed by atoms with Crippen molar-refractivity contribution in [3.05, 3.63) is 30.1 Å². The first-order valence-electron chi connectivity index (χ1n) is 6.46. The van der Waals surface area contributed by atoms with E-state index >= 15 is 0 Å². The van der Waals surface area contributed by atoms with E-state index in [4.69, 9.17) is 5.73 Å². The number of aliphatic hydroxyl groups excluding tert-OH is 1. The van der Waals surface area contributed by atoms with E-state index in [0.29, 0.717) is 12.5 Å². The van der Waals surface area contributed by atoms with E-state index in [2.05, 4.69) is 11.9 Å². The number of pyridine rings is 1. The maximum Gasteiger partial charge on any atom is 0.0859 e. The first-order chi connectivity index (χ1) is 8.18. The van der Waals surface area contributed by atoms with Crippen LogP contribution >= 0.6 is 0 Å². The molecule has 3 heteroatoms. The molecule has 3 N–H and O–H groups in total. The van der Waals surface area contributed by atoms with Crippen molar-refractivity contribution in [3.63, 3.8) is 0 Å². The molecule has 0 bridgehead atoms. The van der Waals surface area contributed by atoms with E-state index in [-0.39, 0.29) is 5.41 Å². The molecule has 0 aromatic carbocycles. The first-order valence-corrected chi connectivity index (χ1v) is 6.46. The lowest BCUT2D eigenvalue weighted by atomic mass is 9.65. The smallest absolute Gasteiger partial charge is 0.0859 e. The monoisotopic (exact) mass is 234 g/mol. The van der Waals surface area contributed by atoms with Crippen molar-refractivity contribution < 1.29 is 5.11 Å². The van der Waals surface area contributed by atoms with Crippen LogP contribution < -0.4 is 5.73 Å². The Morgan fingerprint density at radius 2 is 2.24 bits per heavy atom. The number of hydrogen-bond donors (Lipinski definition) is 2. The summed E-state index contributed by atoms with van der Waals surface area (Å²) in [7, 11) is 0. The highest BCUT2D eigenvalue weighted by Gasteiger charge is 2.40. The van der Waals surface area contributed by atoms with Gasteiger partial charge in [-0.15, -0.1) is 0 Å². The van der Waals surface area contributed by atoms with Crippen LogP contribution in [0.3, 0.4) is 0 Å². The van der Waals surface area contributed by atoms with Gasteiger partial charge >= 0.3 is 0 Å². The van der Waals surface area contributed by atoms with Gasteiger partial charge in [0.1, 0.15) is 0 Å². The Bertz CT molecular complexity index is 354. The average Bonchev–Trinajstić information content (AvgIpc) is 2.38. The minimum atomic E-state index is -0.460. The predicted molar refractivity (Wildman–Crippen MR) is 68.3 cm³/mol. The Morgan fingerprint density at radius 1 is 1.53 bits per heavy atom. The zero-order chi connectivity index (χ0) is 12.3. The number of nitrogens with two attached hydrogens (primary N) is 1. The zero-order valence-electron chi connectivity index (χ0n) is 10.5. The maximum absolute atomic E-state index is 10.6. The molecule has 3 nitrogen and oxygen atoms in total. The van der Waals surface area contributed by atoms with Crippen molar-refractivity contribution in [2.45, 2.75) is 38.7 Å². The molecule has 0 radical (unpaired) electrons. The maximum atomic E-state index is 10.6. The zero-order valence-corrected chi connectivity index (χ0v) is 10.5. The third kappa shape index (κ3) is 2.50. The number of aliphatic hydroxyl groups is 1. The SMILES string of the molecule is CC1CCCC(CN)(C(O)c2ccncc2)C1. The summed E-state index contributed by atoms with van der Waals surface area (Å²) in [5.74, 6) is 0.656. The summed E-state index contributed by atoms with van der Waals surface area (Å²) in [6, 6.07) is 3.78. The normalized spacial score (nSPS) is 31.1. The summed E-state index contributed by atoms with van der Waals surface area (Å²) in [4.78, 5) is 3.99. The van der Waals surface area contributed by atoms with Crippen LogP contribution in [0.2, 0.25) is 0 Å². The third-order valence-electron chi connectivity index (χ3n) is 4.13. The van der Waals surface area contributed by atoms with Crippen molar-refractivity contribution in [2.24, 2.45) is 17.1 Å². The molecule has 1 aliphatic rings. The Hall–Kier alpha value is -0.930. The quantitative estimate of drug-likeness (QED) is 0.843. The second-order valence-electron chi connectivity index (χ2n) is 5.45. The summed E-state index contributed by atoms with van der Waals surface area (Å²) >= 11 is 0. The summed E-state index contributed by atoms with van der Waals surface area (Å²) in [6.45, 7) is 2.81. The van der Waals surface area contributed by atoms with Gasteiger partial charge in [-0.3, -0.25) is 4.98 Å². The highest BCUT2D eigenvalue weighted by molar-refractivity contribution is 5.17. The van der Waals surface area contributed by atoms with Crippen LogP contribution in [-0.4, -0.2) is 16.6 Å². The molecule has 1 heterocycles. The summed E-state index contributed by atoms with van der Waals surface area (Å²) in [5.41, 5.74) is 6.77. The minimum absolute atomic E-state index is 0.140. The van der Waals surface area contributed by atoms with E-state index in [1.165, 1.54) is 12.8 Å². The fraction of sp³-hybridized carbons (Fsp3) is 0.643. The fourth-order valence-electron chi connectivity index (χ4n) is 3.15. The molecule has 3 unspecified atom stereocenters. The van der Waals surface area contributed by atoms with Crippen LogP contribution in [-0.2, 0) is 0 Å². The number of aromatic nitrogens is 1. The van der Waals surface area contributed by atoms with E-state index in [0.717, 1.165) is 18.4 Å². The van der Waals surface area contributed by atoms with Crippen LogP contribution in [0.25, 0.3) is 0 Å². The van der Waals surface area contributed by atoms with Gasteiger partial charge in [0, 0.05) is 24.4 Å². The third-order valence-corrected chi connectivity index (χ3v) is 4.13. The van der Waals surface area contributed by atoms with Gasteiger partial charge in [-0.05, 0) is 36.5 Å². The van der Waals surface area contributed by atoms with Gasteiger partial charge in [-0.2, -0.15) is 0 Å². The van der Waals surface area contributed by atoms with Crippen molar-refractivity contribution in [1.29, 1.82) is 0 Å². The van der Waals surface area contributed by atoms with Crippen molar-refractivity contribution in [1.82, 2.24) is 4.98 Å². The highest BCUT2D eigenvalue weighted by atomic mass is 16.3. The lowest BCUT2D eigenvalue weighted by Crippen LogP contribution is -2.40. The number of rotatable bonds is 3. The summed E-state index contributed by atoms with van der Waals surface area (Å²) in [5, 5.41) is 10.6. The largest absolute Gasteiger partial charge is 0.388 e. The molecule has 1 aromatic rings. The van der Waals surface area contributed by atoms with Crippen LogP contribution in [0.1, 0.15) is 44.3 Å². The van der Waals surface area contributed by atoms with Gasteiger partial charge < -0.3 is 10.8 Å². The van der Waals surface area contributed by atoms with Crippen molar-refractivity contribution >= 4 is 0 Å². The van der Waals surface area contributed by atoms with Crippen LogP contribution in [0.4, 0.5) is 0 Å². The second kappa shape index (κ2) is 5.15. The molecular weight excluding hydrogens is 212 g/mol. The van der Waals surface area contributed by atoms with E-state index in [1.54, 1.807) is 12.4 Å². The molecule has 0 aliphatic heterocycles. The fourth-order valence-corrected chi connectivity index (χ4v) is 3.15. The molecule has 0 spiro atoms. The molecule has 3 atom stereocenters. The highest BCUT2D eigenvalue weighted by Crippen LogP contribution is 2.47. The predicted octanol–water partition coefficient (Wildman–Crippen LogP) is 2.27. The molecule has 0 saturated heterocycles. The molecule has 1 fully saturated rings. The Morgan fingerprint density at radius 3 is 2.82 bits per heavy atom. The van der Waals surface area contributed by atoms with Gasteiger partial charge in [0.2, 0.25) is 0 Å². The van der Waals surface area contributed by atoms with E-state index in [9.17, 15) is 5.11 Å². The molecule has 1 aliphatic carbocycles. The van der Waals surface area contributed by atoms with Gasteiger partial charge in [0.15, 0.2) is 0 Å². The first kappa shape index (κ1) is 12.5. The Labute approximate surface area is 103 Å². The molecule has 94 valence electrons. The van der Waals surface area contributed by atoms with E-state index in [1.807, 2.05) is 12.1 Å². The Balaban J connectivity index is 2.23. The lowest BCUT2D eigenvalue weighted by molar-refractivity contribution is -0.0131. The molecule has 17 heavy (non-hydrogen) atoms. The molecule has 0 amide bonds. The molecule has 2 rings (SSSR count). The van der Waals surface area contributed by atoms with E-state index < -0.39 is 6.10 Å². The second-order valence-corrected chi connectivity index (χ2v) is 5.45. The standard InChI is InChI=1S/C14H22N2O/c1-11-3-2-6-14(9-11,10-15)13(17)12-4-7-16-8-5-12/h4-5,7-8,11,13,17H,2-3,6,9-10,15H2,1H3. The topological polar surface area (TPSA) is 59.1 Å². The summed E-state index contributed by atoms with van der Waals surface area (Å²) < 4.78 is 0. The van der Waals surface area contributed by atoms with Gasteiger partial charge in [-0.1, -0.05) is 19.8 Å². The van der Waals surface area contributed by atoms with Crippen LogP contribution in [0, 0.1) is 11.3 Å². The number of nitrogens with zero attached hydrogens (tertiary/aromatic N) is 1. The van der Waals surface area contributed by atoms with Gasteiger partial charge in [0.25, 0.3) is 0 Å². The number of hydrogen-bond acceptors (Lipinski definition) is 3. The van der Waals surface area contributed by atoms with Crippen molar-refractivity contribution in [3.8, 4) is 0 Å². The summed E-state index contributed by atoms with van der Waals surface area (Å²) in [6.07, 6.45) is 7.47. The van der Waals surface area contributed by atoms with Crippen molar-refractivity contribution in [2.75, 3.05) is 6.54 Å². The average molecular weight is 234 g/mol. The molecular formula is C14H22N2O. The molecule has 1 aromatic heterocycles. The Kier molecular flexibility index (Phi) is 3.79. The van der Waals surface area contributed by atoms with Crippen LogP contribution in [0.15, 0.2) is 24.5 Å². The minimum Gasteiger partial charge on any atom is -0.388 e. The van der Waals surface area contributed by atoms with Gasteiger partial charge in [0.05, 0.1) is 6.10 Å².